The van der Waals surface area contributed by atoms with E-state index in [1.54, 1.807) is 48.5 Å². The van der Waals surface area contributed by atoms with Crippen LogP contribution in [0.5, 0.6) is 0 Å². The summed E-state index contributed by atoms with van der Waals surface area (Å²) < 4.78 is 29.9. The molecule has 1 heterocycles. The van der Waals surface area contributed by atoms with Crippen molar-refractivity contribution in [3.05, 3.63) is 71.1 Å². The fourth-order valence-corrected chi connectivity index (χ4v) is 3.62. The van der Waals surface area contributed by atoms with Crippen molar-refractivity contribution in [3.63, 3.8) is 0 Å². The number of hydrogen-bond acceptors (Lipinski definition) is 6. The van der Waals surface area contributed by atoms with Crippen LogP contribution in [0.1, 0.15) is 11.5 Å². The third-order valence-electron chi connectivity index (χ3n) is 3.45. The van der Waals surface area contributed by atoms with Crippen LogP contribution in [0.25, 0.3) is 0 Å². The van der Waals surface area contributed by atoms with Gasteiger partial charge in [0, 0.05) is 10.7 Å². The van der Waals surface area contributed by atoms with Crippen molar-refractivity contribution in [1.82, 2.24) is 15.5 Å². The summed E-state index contributed by atoms with van der Waals surface area (Å²) >= 11 is 5.99. The van der Waals surface area contributed by atoms with Gasteiger partial charge < -0.3 is 15.1 Å². The number of para-hydroxylation sites is 1. The molecule has 3 aromatic rings. The van der Waals surface area contributed by atoms with Crippen molar-refractivity contribution in [2.75, 3.05) is 5.32 Å². The van der Waals surface area contributed by atoms with Gasteiger partial charge in [-0.05, 0) is 23.8 Å². The smallest absolute Gasteiger partial charge is 0.335 e. The SMILES string of the molecule is O=C(NCc1nnc(S(=O)(=O)Cc2ccccc2Cl)o1)Nc1ccccc1. The number of aromatic nitrogens is 2. The maximum atomic E-state index is 12.4. The lowest BCUT2D eigenvalue weighted by atomic mass is 10.2. The lowest BCUT2D eigenvalue weighted by molar-refractivity contribution is 0.250. The van der Waals surface area contributed by atoms with Crippen LogP contribution in [0.3, 0.4) is 0 Å². The molecule has 0 unspecified atom stereocenters. The standard InChI is InChI=1S/C17H15ClN4O4S/c18-14-9-5-4-6-12(14)11-27(24,25)17-22-21-15(26-17)10-19-16(23)20-13-7-2-1-3-8-13/h1-9H,10-11H2,(H2,19,20,23). The maximum Gasteiger partial charge on any atom is 0.335 e. The molecule has 27 heavy (non-hydrogen) atoms. The molecule has 1 aromatic heterocycles. The van der Waals surface area contributed by atoms with Gasteiger partial charge in [-0.2, -0.15) is 0 Å². The van der Waals surface area contributed by atoms with Crippen LogP contribution in [0.4, 0.5) is 10.5 Å². The van der Waals surface area contributed by atoms with Crippen LogP contribution in [-0.2, 0) is 22.1 Å². The summed E-state index contributed by atoms with van der Waals surface area (Å²) in [5.41, 5.74) is 1.04. The molecule has 2 N–H and O–H groups in total. The Kier molecular flexibility index (Phi) is 5.72. The second-order valence-electron chi connectivity index (χ2n) is 5.49. The number of halogens is 1. The number of benzene rings is 2. The van der Waals surface area contributed by atoms with Crippen LogP contribution in [0, 0.1) is 0 Å². The van der Waals surface area contributed by atoms with Gasteiger partial charge in [-0.25, -0.2) is 13.2 Å². The molecule has 0 saturated heterocycles. The average Bonchev–Trinajstić information content (AvgIpc) is 3.13. The van der Waals surface area contributed by atoms with Crippen molar-refractivity contribution in [2.45, 2.75) is 17.5 Å². The first kappa shape index (κ1) is 18.9. The van der Waals surface area contributed by atoms with E-state index in [0.29, 0.717) is 16.3 Å². The minimum atomic E-state index is -3.86. The lowest BCUT2D eigenvalue weighted by Gasteiger charge is -2.05. The Morgan fingerprint density at radius 3 is 2.48 bits per heavy atom. The van der Waals surface area contributed by atoms with Gasteiger partial charge in [0.25, 0.3) is 0 Å². The summed E-state index contributed by atoms with van der Waals surface area (Å²) in [4.78, 5) is 11.8. The zero-order valence-corrected chi connectivity index (χ0v) is 15.5. The number of sulfone groups is 1. The number of anilines is 1. The molecule has 0 atom stereocenters. The predicted octanol–water partition coefficient (Wildman–Crippen LogP) is 3.02. The van der Waals surface area contributed by atoms with Gasteiger partial charge in [0.15, 0.2) is 0 Å². The van der Waals surface area contributed by atoms with E-state index in [4.69, 9.17) is 16.0 Å². The van der Waals surface area contributed by atoms with E-state index in [9.17, 15) is 13.2 Å². The van der Waals surface area contributed by atoms with E-state index in [1.165, 1.54) is 0 Å². The van der Waals surface area contributed by atoms with Gasteiger partial charge in [-0.15, -0.1) is 5.10 Å². The van der Waals surface area contributed by atoms with E-state index in [-0.39, 0.29) is 18.2 Å². The molecule has 2 aromatic carbocycles. The number of nitrogens with zero attached hydrogens (tertiary/aromatic N) is 2. The number of urea groups is 1. The highest BCUT2D eigenvalue weighted by atomic mass is 35.5. The summed E-state index contributed by atoms with van der Waals surface area (Å²) in [6, 6.07) is 14.9. The minimum Gasteiger partial charge on any atom is -0.411 e. The lowest BCUT2D eigenvalue weighted by Crippen LogP contribution is -2.28. The molecule has 10 heteroatoms. The molecule has 2 amide bonds. The third kappa shape index (κ3) is 5.05. The summed E-state index contributed by atoms with van der Waals surface area (Å²) in [6.07, 6.45) is 0. The molecular weight excluding hydrogens is 392 g/mol. The normalized spacial score (nSPS) is 11.1. The number of amides is 2. The first-order valence-electron chi connectivity index (χ1n) is 7.82. The molecular formula is C17H15ClN4O4S. The molecule has 0 aliphatic rings. The molecule has 140 valence electrons. The Morgan fingerprint density at radius 1 is 1.04 bits per heavy atom. The molecule has 3 rings (SSSR count). The molecule has 0 saturated carbocycles. The first-order valence-corrected chi connectivity index (χ1v) is 9.85. The van der Waals surface area contributed by atoms with Crippen molar-refractivity contribution >= 4 is 33.2 Å². The molecule has 0 bridgehead atoms. The van der Waals surface area contributed by atoms with Gasteiger partial charge >= 0.3 is 11.3 Å². The molecule has 0 spiro atoms. The Balaban J connectivity index is 1.60. The van der Waals surface area contributed by atoms with Gasteiger partial charge in [0.05, 0.1) is 12.3 Å². The predicted molar refractivity (Wildman–Crippen MR) is 98.9 cm³/mol. The molecule has 0 radical (unpaired) electrons. The Labute approximate surface area is 160 Å². The van der Waals surface area contributed by atoms with Crippen LogP contribution < -0.4 is 10.6 Å². The summed E-state index contributed by atoms with van der Waals surface area (Å²) in [5, 5.41) is 12.1. The monoisotopic (exact) mass is 406 g/mol. The van der Waals surface area contributed by atoms with Gasteiger partial charge in [-0.3, -0.25) is 0 Å². The van der Waals surface area contributed by atoms with Gasteiger partial charge in [0.1, 0.15) is 0 Å². The highest BCUT2D eigenvalue weighted by Gasteiger charge is 2.24. The highest BCUT2D eigenvalue weighted by molar-refractivity contribution is 7.90. The zero-order chi connectivity index (χ0) is 19.3. The number of carbonyl (C=O) groups is 1. The fourth-order valence-electron chi connectivity index (χ4n) is 2.17. The maximum absolute atomic E-state index is 12.4. The van der Waals surface area contributed by atoms with Gasteiger partial charge in [-0.1, -0.05) is 53.1 Å². The Bertz CT molecular complexity index is 1040. The fraction of sp³-hybridized carbons (Fsp3) is 0.118. The molecule has 0 aliphatic heterocycles. The third-order valence-corrected chi connectivity index (χ3v) is 5.21. The Morgan fingerprint density at radius 2 is 1.74 bits per heavy atom. The quantitative estimate of drug-likeness (QED) is 0.650. The van der Waals surface area contributed by atoms with Crippen molar-refractivity contribution in [3.8, 4) is 0 Å². The van der Waals surface area contributed by atoms with Crippen molar-refractivity contribution in [2.24, 2.45) is 0 Å². The molecule has 8 nitrogen and oxygen atoms in total. The molecule has 0 fully saturated rings. The largest absolute Gasteiger partial charge is 0.411 e. The van der Waals surface area contributed by atoms with E-state index >= 15 is 0 Å². The number of carbonyl (C=O) groups excluding carboxylic acids is 1. The number of hydrogen-bond donors (Lipinski definition) is 2. The average molecular weight is 407 g/mol. The van der Waals surface area contributed by atoms with E-state index < -0.39 is 21.1 Å². The summed E-state index contributed by atoms with van der Waals surface area (Å²) in [7, 11) is -3.86. The minimum absolute atomic E-state index is 0.0315. The van der Waals surface area contributed by atoms with Gasteiger partial charge in [0.2, 0.25) is 15.7 Å². The van der Waals surface area contributed by atoms with Crippen LogP contribution in [-0.4, -0.2) is 24.6 Å². The van der Waals surface area contributed by atoms with E-state index in [2.05, 4.69) is 20.8 Å². The number of rotatable bonds is 6. The summed E-state index contributed by atoms with van der Waals surface area (Å²) in [6.45, 7) is -0.118. The second kappa shape index (κ2) is 8.19. The van der Waals surface area contributed by atoms with Crippen LogP contribution in [0.15, 0.2) is 64.2 Å². The topological polar surface area (TPSA) is 114 Å². The van der Waals surface area contributed by atoms with Crippen molar-refractivity contribution in [1.29, 1.82) is 0 Å². The highest BCUT2D eigenvalue weighted by Crippen LogP contribution is 2.21. The summed E-state index contributed by atoms with van der Waals surface area (Å²) in [5.74, 6) is -0.396. The van der Waals surface area contributed by atoms with Crippen LogP contribution >= 0.6 is 11.6 Å². The van der Waals surface area contributed by atoms with E-state index in [1.807, 2.05) is 6.07 Å². The van der Waals surface area contributed by atoms with Crippen LogP contribution in [0.2, 0.25) is 5.02 Å². The number of nitrogens with one attached hydrogen (secondary N) is 2. The first-order chi connectivity index (χ1) is 12.9. The second-order valence-corrected chi connectivity index (χ2v) is 7.76. The molecule has 0 aliphatic carbocycles. The van der Waals surface area contributed by atoms with E-state index in [0.717, 1.165) is 0 Å². The zero-order valence-electron chi connectivity index (χ0n) is 13.9. The Hall–Kier alpha value is -2.91. The van der Waals surface area contributed by atoms with Crippen molar-refractivity contribution < 1.29 is 17.6 Å².